The number of hydrogen-bond donors (Lipinski definition) is 0. The van der Waals surface area contributed by atoms with Crippen LogP contribution >= 0.6 is 0 Å². The molecule has 1 aliphatic rings. The van der Waals surface area contributed by atoms with Crippen LogP contribution in [0.4, 0.5) is 0 Å². The number of carbonyl (C=O) groups is 1. The molecule has 5 nitrogen and oxygen atoms in total. The summed E-state index contributed by atoms with van der Waals surface area (Å²) in [5.41, 5.74) is 2.91. The molecule has 0 radical (unpaired) electrons. The number of fused-ring (bicyclic) bond motifs is 1. The highest BCUT2D eigenvalue weighted by Gasteiger charge is 2.22. The van der Waals surface area contributed by atoms with E-state index in [-0.39, 0.29) is 5.91 Å². The maximum absolute atomic E-state index is 12.8. The van der Waals surface area contributed by atoms with Gasteiger partial charge in [0.05, 0.1) is 17.2 Å². The first-order valence-corrected chi connectivity index (χ1v) is 8.92. The third kappa shape index (κ3) is 2.95. The number of rotatable bonds is 2. The van der Waals surface area contributed by atoms with Crippen LogP contribution in [0.2, 0.25) is 0 Å². The number of benzene rings is 1. The molecule has 0 saturated carbocycles. The Kier molecular flexibility index (Phi) is 4.18. The summed E-state index contributed by atoms with van der Waals surface area (Å²) >= 11 is 0. The van der Waals surface area contributed by atoms with Crippen molar-refractivity contribution in [1.29, 1.82) is 5.26 Å². The van der Waals surface area contributed by atoms with Gasteiger partial charge in [0.15, 0.2) is 0 Å². The molecule has 2 aromatic heterocycles. The summed E-state index contributed by atoms with van der Waals surface area (Å²) in [7, 11) is 0. The van der Waals surface area contributed by atoms with E-state index in [1.54, 1.807) is 12.3 Å². The number of nitrogens with zero attached hydrogens (tertiary/aromatic N) is 4. The molecule has 0 aliphatic carbocycles. The number of nitriles is 1. The second-order valence-electron chi connectivity index (χ2n) is 6.96. The van der Waals surface area contributed by atoms with E-state index < -0.39 is 0 Å². The Hall–Kier alpha value is -3.13. The van der Waals surface area contributed by atoms with Gasteiger partial charge in [-0.05, 0) is 49.1 Å². The molecule has 1 aliphatic heterocycles. The fraction of sp³-hybridized carbons (Fsp3) is 0.286. The molecule has 1 saturated heterocycles. The molecule has 26 heavy (non-hydrogen) atoms. The quantitative estimate of drug-likeness (QED) is 0.711. The smallest absolute Gasteiger partial charge is 0.255 e. The number of aromatic nitrogens is 2. The van der Waals surface area contributed by atoms with Crippen LogP contribution in [-0.4, -0.2) is 33.4 Å². The Bertz CT molecular complexity index is 1010. The SMILES string of the molecule is CC1CCN(C(=O)c2cnc3c(ccn3-c3cccc(C#N)c3)c2)CC1. The van der Waals surface area contributed by atoms with Gasteiger partial charge in [0.2, 0.25) is 0 Å². The van der Waals surface area contributed by atoms with Crippen molar-refractivity contribution < 1.29 is 4.79 Å². The summed E-state index contributed by atoms with van der Waals surface area (Å²) in [4.78, 5) is 19.2. The minimum atomic E-state index is 0.0607. The highest BCUT2D eigenvalue weighted by Crippen LogP contribution is 2.22. The number of hydrogen-bond acceptors (Lipinski definition) is 3. The van der Waals surface area contributed by atoms with Gasteiger partial charge in [0, 0.05) is 36.6 Å². The highest BCUT2D eigenvalue weighted by molar-refractivity contribution is 5.97. The number of pyridine rings is 1. The first-order valence-electron chi connectivity index (χ1n) is 8.92. The van der Waals surface area contributed by atoms with Crippen LogP contribution in [0.15, 0.2) is 48.8 Å². The van der Waals surface area contributed by atoms with Crippen molar-refractivity contribution >= 4 is 16.9 Å². The first kappa shape index (κ1) is 16.3. The van der Waals surface area contributed by atoms with Gasteiger partial charge in [-0.15, -0.1) is 0 Å². The van der Waals surface area contributed by atoms with Crippen molar-refractivity contribution in [3.63, 3.8) is 0 Å². The second-order valence-corrected chi connectivity index (χ2v) is 6.96. The summed E-state index contributed by atoms with van der Waals surface area (Å²) in [6, 6.07) is 13.4. The maximum Gasteiger partial charge on any atom is 0.255 e. The lowest BCUT2D eigenvalue weighted by atomic mass is 9.99. The summed E-state index contributed by atoms with van der Waals surface area (Å²) in [5.74, 6) is 0.753. The molecule has 3 heterocycles. The van der Waals surface area contributed by atoms with Gasteiger partial charge in [-0.25, -0.2) is 4.98 Å². The van der Waals surface area contributed by atoms with E-state index in [0.29, 0.717) is 17.0 Å². The Morgan fingerprint density at radius 3 is 2.81 bits per heavy atom. The van der Waals surface area contributed by atoms with Crippen molar-refractivity contribution in [2.24, 2.45) is 5.92 Å². The fourth-order valence-electron chi connectivity index (χ4n) is 3.47. The van der Waals surface area contributed by atoms with Crippen LogP contribution in [0.3, 0.4) is 0 Å². The third-order valence-corrected chi connectivity index (χ3v) is 5.10. The van der Waals surface area contributed by atoms with E-state index >= 15 is 0 Å². The van der Waals surface area contributed by atoms with Crippen LogP contribution in [0.25, 0.3) is 16.7 Å². The topological polar surface area (TPSA) is 61.9 Å². The fourth-order valence-corrected chi connectivity index (χ4v) is 3.47. The van der Waals surface area contributed by atoms with E-state index in [0.717, 1.165) is 42.7 Å². The maximum atomic E-state index is 12.8. The summed E-state index contributed by atoms with van der Waals surface area (Å²) in [6.45, 7) is 3.87. The Labute approximate surface area is 152 Å². The predicted octanol–water partition coefficient (Wildman–Crippen LogP) is 3.77. The molecular formula is C21H20N4O. The number of amides is 1. The Balaban J connectivity index is 1.65. The predicted molar refractivity (Wildman–Crippen MR) is 100 cm³/mol. The second kappa shape index (κ2) is 6.64. The molecule has 3 aromatic rings. The Morgan fingerprint density at radius 2 is 2.04 bits per heavy atom. The molecule has 0 bridgehead atoms. The van der Waals surface area contributed by atoms with E-state index in [4.69, 9.17) is 5.26 Å². The van der Waals surface area contributed by atoms with Crippen LogP contribution in [0.5, 0.6) is 0 Å². The van der Waals surface area contributed by atoms with Crippen LogP contribution < -0.4 is 0 Å². The van der Waals surface area contributed by atoms with Gasteiger partial charge >= 0.3 is 0 Å². The summed E-state index contributed by atoms with van der Waals surface area (Å²) in [5, 5.41) is 10.0. The molecule has 0 unspecified atom stereocenters. The largest absolute Gasteiger partial charge is 0.339 e. The first-order chi connectivity index (χ1) is 12.7. The molecule has 5 heteroatoms. The van der Waals surface area contributed by atoms with Gasteiger partial charge in [-0.2, -0.15) is 5.26 Å². The zero-order chi connectivity index (χ0) is 18.1. The zero-order valence-electron chi connectivity index (χ0n) is 14.7. The third-order valence-electron chi connectivity index (χ3n) is 5.10. The lowest BCUT2D eigenvalue weighted by Gasteiger charge is -2.30. The van der Waals surface area contributed by atoms with Crippen LogP contribution in [-0.2, 0) is 0 Å². The number of piperidine rings is 1. The summed E-state index contributed by atoms with van der Waals surface area (Å²) in [6.07, 6.45) is 5.71. The number of likely N-dealkylation sites (tertiary alicyclic amines) is 1. The molecule has 0 spiro atoms. The summed E-state index contributed by atoms with van der Waals surface area (Å²) < 4.78 is 1.94. The van der Waals surface area contributed by atoms with E-state index in [2.05, 4.69) is 18.0 Å². The van der Waals surface area contributed by atoms with Crippen LogP contribution in [0, 0.1) is 17.2 Å². The minimum Gasteiger partial charge on any atom is -0.339 e. The highest BCUT2D eigenvalue weighted by atomic mass is 16.2. The van der Waals surface area contributed by atoms with Gasteiger partial charge < -0.3 is 9.47 Å². The molecular weight excluding hydrogens is 324 g/mol. The number of carbonyl (C=O) groups excluding carboxylic acids is 1. The molecule has 130 valence electrons. The van der Waals surface area contributed by atoms with Gasteiger partial charge in [0.1, 0.15) is 5.65 Å². The lowest BCUT2D eigenvalue weighted by molar-refractivity contribution is 0.0697. The Morgan fingerprint density at radius 1 is 1.23 bits per heavy atom. The van der Waals surface area contributed by atoms with Gasteiger partial charge in [0.25, 0.3) is 5.91 Å². The molecule has 1 amide bonds. The average Bonchev–Trinajstić information content (AvgIpc) is 3.11. The molecule has 1 aromatic carbocycles. The molecule has 4 rings (SSSR count). The molecule has 0 N–H and O–H groups in total. The minimum absolute atomic E-state index is 0.0607. The lowest BCUT2D eigenvalue weighted by Crippen LogP contribution is -2.37. The standard InChI is InChI=1S/C21H20N4O/c1-15-5-8-24(9-6-15)21(26)18-12-17-7-10-25(20(17)23-14-18)19-4-2-3-16(11-19)13-22/h2-4,7,10-12,14-15H,5-6,8-9H2,1H3. The van der Waals surface area contributed by atoms with Crippen molar-refractivity contribution in [3.05, 3.63) is 59.9 Å². The van der Waals surface area contributed by atoms with Gasteiger partial charge in [-0.3, -0.25) is 4.79 Å². The normalized spacial score (nSPS) is 15.2. The van der Waals surface area contributed by atoms with Crippen molar-refractivity contribution in [3.8, 4) is 11.8 Å². The van der Waals surface area contributed by atoms with Crippen molar-refractivity contribution in [2.75, 3.05) is 13.1 Å². The zero-order valence-corrected chi connectivity index (χ0v) is 14.7. The van der Waals surface area contributed by atoms with E-state index in [1.807, 2.05) is 46.0 Å². The average molecular weight is 344 g/mol. The van der Waals surface area contributed by atoms with Crippen molar-refractivity contribution in [2.45, 2.75) is 19.8 Å². The van der Waals surface area contributed by atoms with E-state index in [1.165, 1.54) is 0 Å². The monoisotopic (exact) mass is 344 g/mol. The van der Waals surface area contributed by atoms with Crippen molar-refractivity contribution in [1.82, 2.24) is 14.5 Å². The molecule has 0 atom stereocenters. The van der Waals surface area contributed by atoms with Gasteiger partial charge in [-0.1, -0.05) is 13.0 Å². The van der Waals surface area contributed by atoms with E-state index in [9.17, 15) is 4.79 Å². The van der Waals surface area contributed by atoms with Crippen LogP contribution in [0.1, 0.15) is 35.7 Å². The molecule has 1 fully saturated rings.